The van der Waals surface area contributed by atoms with Crippen LogP contribution in [0, 0.1) is 13.8 Å². The van der Waals surface area contributed by atoms with Gasteiger partial charge in [0.1, 0.15) is 5.75 Å². The summed E-state index contributed by atoms with van der Waals surface area (Å²) < 4.78 is 9.39. The van der Waals surface area contributed by atoms with Gasteiger partial charge in [0.05, 0.1) is 29.9 Å². The van der Waals surface area contributed by atoms with Gasteiger partial charge in [-0.05, 0) is 68.4 Å². The van der Waals surface area contributed by atoms with E-state index in [9.17, 15) is 0 Å². The molecule has 0 bridgehead atoms. The van der Waals surface area contributed by atoms with Crippen molar-refractivity contribution in [2.45, 2.75) is 20.0 Å². The summed E-state index contributed by atoms with van der Waals surface area (Å²) in [6.07, 6.45) is 1.90. The third kappa shape index (κ3) is 3.35. The Hall–Kier alpha value is -4.32. The number of methoxy groups -OCH3 is 1. The van der Waals surface area contributed by atoms with Gasteiger partial charge in [-0.3, -0.25) is 0 Å². The molecule has 2 aromatic heterocycles. The average Bonchev–Trinajstić information content (AvgIpc) is 3.48. The van der Waals surface area contributed by atoms with Crippen LogP contribution in [-0.4, -0.2) is 26.7 Å². The number of fused-ring (bicyclic) bond motifs is 3. The SMILES string of the molecule is COc1ccc(-c2nn(-c3ccccc3)cc2[C@@H]2Nc3ccc(C)cc3-c3cc(C)nn32)cc1. The van der Waals surface area contributed by atoms with Gasteiger partial charge in [0.25, 0.3) is 0 Å². The number of rotatable bonds is 4. The van der Waals surface area contributed by atoms with Crippen LogP contribution in [0.3, 0.4) is 0 Å². The first-order valence-electron chi connectivity index (χ1n) is 11.3. The van der Waals surface area contributed by atoms with Crippen molar-refractivity contribution >= 4 is 5.69 Å². The fourth-order valence-electron chi connectivity index (χ4n) is 4.60. The zero-order valence-corrected chi connectivity index (χ0v) is 19.4. The molecule has 0 unspecified atom stereocenters. The fraction of sp³-hybridized carbons (Fsp3) is 0.143. The van der Waals surface area contributed by atoms with Crippen LogP contribution in [0.4, 0.5) is 5.69 Å². The zero-order chi connectivity index (χ0) is 23.2. The maximum atomic E-state index is 5.37. The highest BCUT2D eigenvalue weighted by atomic mass is 16.5. The third-order valence-corrected chi connectivity index (χ3v) is 6.27. The summed E-state index contributed by atoms with van der Waals surface area (Å²) in [7, 11) is 1.68. The summed E-state index contributed by atoms with van der Waals surface area (Å²) in [6, 6.07) is 26.9. The van der Waals surface area contributed by atoms with Crippen molar-refractivity contribution in [2.75, 3.05) is 12.4 Å². The lowest BCUT2D eigenvalue weighted by Crippen LogP contribution is -2.26. The first-order chi connectivity index (χ1) is 16.6. The molecule has 5 aromatic rings. The van der Waals surface area contributed by atoms with E-state index in [4.69, 9.17) is 14.9 Å². The molecule has 34 heavy (non-hydrogen) atoms. The molecule has 3 heterocycles. The predicted octanol–water partition coefficient (Wildman–Crippen LogP) is 6.00. The number of hydrogen-bond acceptors (Lipinski definition) is 4. The van der Waals surface area contributed by atoms with E-state index in [-0.39, 0.29) is 6.17 Å². The zero-order valence-electron chi connectivity index (χ0n) is 19.4. The molecule has 3 aromatic carbocycles. The van der Waals surface area contributed by atoms with Crippen molar-refractivity contribution in [3.05, 3.63) is 102 Å². The quantitative estimate of drug-likeness (QED) is 0.367. The molecule has 1 N–H and O–H groups in total. The summed E-state index contributed by atoms with van der Waals surface area (Å²) in [5, 5.41) is 13.6. The second-order valence-electron chi connectivity index (χ2n) is 8.65. The van der Waals surface area contributed by atoms with E-state index >= 15 is 0 Å². The van der Waals surface area contributed by atoms with E-state index < -0.39 is 0 Å². The molecular weight excluding hydrogens is 422 g/mol. The van der Waals surface area contributed by atoms with Gasteiger partial charge in [-0.2, -0.15) is 10.2 Å². The van der Waals surface area contributed by atoms with Crippen molar-refractivity contribution in [2.24, 2.45) is 0 Å². The van der Waals surface area contributed by atoms with E-state index in [1.807, 2.05) is 41.9 Å². The van der Waals surface area contributed by atoms with E-state index in [0.717, 1.165) is 45.3 Å². The Labute approximate surface area is 198 Å². The molecule has 0 spiro atoms. The van der Waals surface area contributed by atoms with Gasteiger partial charge in [0.15, 0.2) is 6.17 Å². The minimum absolute atomic E-state index is 0.200. The van der Waals surface area contributed by atoms with E-state index in [1.54, 1.807) is 7.11 Å². The Morgan fingerprint density at radius 1 is 0.882 bits per heavy atom. The van der Waals surface area contributed by atoms with Crippen LogP contribution in [-0.2, 0) is 0 Å². The minimum atomic E-state index is -0.200. The normalized spacial score (nSPS) is 14.3. The highest BCUT2D eigenvalue weighted by molar-refractivity contribution is 5.80. The predicted molar refractivity (Wildman–Crippen MR) is 134 cm³/mol. The number of aryl methyl sites for hydroxylation is 2. The number of ether oxygens (including phenoxy) is 1. The van der Waals surface area contributed by atoms with Crippen molar-refractivity contribution < 1.29 is 4.74 Å². The van der Waals surface area contributed by atoms with Gasteiger partial charge in [-0.25, -0.2) is 9.36 Å². The molecule has 0 saturated carbocycles. The fourth-order valence-corrected chi connectivity index (χ4v) is 4.60. The van der Waals surface area contributed by atoms with Gasteiger partial charge < -0.3 is 10.1 Å². The largest absolute Gasteiger partial charge is 0.497 e. The summed E-state index contributed by atoms with van der Waals surface area (Å²) in [5.41, 5.74) is 9.54. The first kappa shape index (κ1) is 20.3. The number of anilines is 1. The summed E-state index contributed by atoms with van der Waals surface area (Å²) in [5.74, 6) is 0.817. The molecule has 168 valence electrons. The monoisotopic (exact) mass is 447 g/mol. The Bertz CT molecular complexity index is 1480. The molecule has 6 nitrogen and oxygen atoms in total. The van der Waals surface area contributed by atoms with E-state index in [2.05, 4.69) is 71.7 Å². The number of hydrogen-bond donors (Lipinski definition) is 1. The van der Waals surface area contributed by atoms with Crippen molar-refractivity contribution in [3.63, 3.8) is 0 Å². The summed E-state index contributed by atoms with van der Waals surface area (Å²) in [6.45, 7) is 4.15. The van der Waals surface area contributed by atoms with Crippen LogP contribution >= 0.6 is 0 Å². The van der Waals surface area contributed by atoms with E-state index in [0.29, 0.717) is 0 Å². The molecule has 1 aliphatic rings. The number of para-hydroxylation sites is 1. The van der Waals surface area contributed by atoms with Crippen molar-refractivity contribution in [3.8, 4) is 34.0 Å². The molecule has 1 atom stereocenters. The van der Waals surface area contributed by atoms with Crippen LogP contribution in [0.15, 0.2) is 85.1 Å². The van der Waals surface area contributed by atoms with Crippen LogP contribution in [0.5, 0.6) is 5.75 Å². The Morgan fingerprint density at radius 3 is 2.44 bits per heavy atom. The Balaban J connectivity index is 1.55. The third-order valence-electron chi connectivity index (χ3n) is 6.27. The first-order valence-corrected chi connectivity index (χ1v) is 11.3. The molecule has 0 aliphatic carbocycles. The molecular formula is C28H25N5O. The highest BCUT2D eigenvalue weighted by Crippen LogP contribution is 2.41. The minimum Gasteiger partial charge on any atom is -0.497 e. The van der Waals surface area contributed by atoms with Crippen LogP contribution in [0.2, 0.25) is 0 Å². The lowest BCUT2D eigenvalue weighted by molar-refractivity contribution is 0.415. The second-order valence-corrected chi connectivity index (χ2v) is 8.65. The maximum absolute atomic E-state index is 5.37. The van der Waals surface area contributed by atoms with Crippen LogP contribution < -0.4 is 10.1 Å². The topological polar surface area (TPSA) is 56.9 Å². The highest BCUT2D eigenvalue weighted by Gasteiger charge is 2.30. The molecule has 0 radical (unpaired) electrons. The molecule has 6 heteroatoms. The van der Waals surface area contributed by atoms with Gasteiger partial charge in [-0.1, -0.05) is 29.8 Å². The van der Waals surface area contributed by atoms with Crippen molar-refractivity contribution in [1.82, 2.24) is 19.6 Å². The molecule has 0 amide bonds. The summed E-state index contributed by atoms with van der Waals surface area (Å²) >= 11 is 0. The van der Waals surface area contributed by atoms with Gasteiger partial charge in [0.2, 0.25) is 0 Å². The standard InChI is InChI=1S/C28H25N5O/c1-18-9-14-25-23(15-18)26-16-19(2)30-33(26)28(29-25)24-17-32(21-7-5-4-6-8-21)31-27(24)20-10-12-22(34-3)13-11-20/h4-17,28-29H,1-3H3/t28-/m1/s1. The van der Waals surface area contributed by atoms with Gasteiger partial charge in [-0.15, -0.1) is 0 Å². The number of benzene rings is 3. The molecule has 6 rings (SSSR count). The van der Waals surface area contributed by atoms with Gasteiger partial charge in [0, 0.05) is 28.6 Å². The molecule has 0 saturated heterocycles. The maximum Gasteiger partial charge on any atom is 0.151 e. The molecule has 0 fully saturated rings. The second kappa shape index (κ2) is 7.92. The van der Waals surface area contributed by atoms with Crippen molar-refractivity contribution in [1.29, 1.82) is 0 Å². The lowest BCUT2D eigenvalue weighted by atomic mass is 10.0. The lowest BCUT2D eigenvalue weighted by Gasteiger charge is -2.29. The number of aromatic nitrogens is 4. The van der Waals surface area contributed by atoms with Crippen LogP contribution in [0.1, 0.15) is 23.0 Å². The average molecular weight is 448 g/mol. The Morgan fingerprint density at radius 2 is 1.68 bits per heavy atom. The van der Waals surface area contributed by atoms with Gasteiger partial charge >= 0.3 is 0 Å². The molecule has 1 aliphatic heterocycles. The Kier molecular flexibility index (Phi) is 4.73. The van der Waals surface area contributed by atoms with E-state index in [1.165, 1.54) is 11.1 Å². The number of nitrogens with one attached hydrogen (secondary N) is 1. The smallest absolute Gasteiger partial charge is 0.151 e. The summed E-state index contributed by atoms with van der Waals surface area (Å²) in [4.78, 5) is 0. The van der Waals surface area contributed by atoms with Crippen LogP contribution in [0.25, 0.3) is 28.2 Å². The number of nitrogens with zero attached hydrogens (tertiary/aromatic N) is 4.